The molecule has 3 nitrogen and oxygen atoms in total. The van der Waals surface area contributed by atoms with Gasteiger partial charge >= 0.3 is 0 Å². The van der Waals surface area contributed by atoms with E-state index in [1.54, 1.807) is 12.1 Å². The van der Waals surface area contributed by atoms with Gasteiger partial charge in [0.25, 0.3) is 0 Å². The van der Waals surface area contributed by atoms with Gasteiger partial charge in [0, 0.05) is 15.6 Å². The van der Waals surface area contributed by atoms with E-state index in [-0.39, 0.29) is 5.84 Å². The van der Waals surface area contributed by atoms with Crippen LogP contribution in [0.25, 0.3) is 0 Å². The predicted octanol–water partition coefficient (Wildman–Crippen LogP) is 3.31. The molecular formula is C14H13BrN2O. The molecule has 2 rings (SSSR count). The van der Waals surface area contributed by atoms with Gasteiger partial charge in [-0.05, 0) is 18.2 Å². The van der Waals surface area contributed by atoms with Gasteiger partial charge in [0.15, 0.2) is 0 Å². The second-order valence-corrected chi connectivity index (χ2v) is 4.68. The van der Waals surface area contributed by atoms with Crippen LogP contribution in [-0.4, -0.2) is 5.84 Å². The van der Waals surface area contributed by atoms with Gasteiger partial charge in [0.2, 0.25) is 0 Å². The van der Waals surface area contributed by atoms with Crippen LogP contribution in [0, 0.1) is 5.41 Å². The van der Waals surface area contributed by atoms with Gasteiger partial charge in [-0.1, -0.05) is 46.3 Å². The summed E-state index contributed by atoms with van der Waals surface area (Å²) < 4.78 is 6.70. The lowest BCUT2D eigenvalue weighted by Gasteiger charge is -2.08. The summed E-state index contributed by atoms with van der Waals surface area (Å²) in [4.78, 5) is 0. The second-order valence-electron chi connectivity index (χ2n) is 3.82. The topological polar surface area (TPSA) is 59.1 Å². The largest absolute Gasteiger partial charge is 0.489 e. The van der Waals surface area contributed by atoms with Gasteiger partial charge in [0.05, 0.1) is 0 Å². The van der Waals surface area contributed by atoms with Gasteiger partial charge < -0.3 is 10.5 Å². The Kier molecular flexibility index (Phi) is 3.99. The molecule has 0 saturated carbocycles. The zero-order valence-corrected chi connectivity index (χ0v) is 11.3. The van der Waals surface area contributed by atoms with Crippen molar-refractivity contribution in [3.05, 3.63) is 64.1 Å². The van der Waals surface area contributed by atoms with Crippen molar-refractivity contribution < 1.29 is 4.74 Å². The van der Waals surface area contributed by atoms with Gasteiger partial charge in [0.1, 0.15) is 18.2 Å². The Morgan fingerprint density at radius 3 is 2.67 bits per heavy atom. The first-order valence-corrected chi connectivity index (χ1v) is 6.27. The Labute approximate surface area is 114 Å². The average molecular weight is 305 g/mol. The lowest BCUT2D eigenvalue weighted by molar-refractivity contribution is 0.305. The summed E-state index contributed by atoms with van der Waals surface area (Å²) >= 11 is 3.47. The standard InChI is InChI=1S/C14H13BrN2O/c15-13-7-2-1-4-11(13)9-18-12-6-3-5-10(8-12)14(16)17/h1-8H,9H2,(H3,16,17). The summed E-state index contributed by atoms with van der Waals surface area (Å²) in [5.41, 5.74) is 7.18. The molecule has 0 aliphatic carbocycles. The van der Waals surface area contributed by atoms with E-state index in [0.717, 1.165) is 10.0 Å². The Morgan fingerprint density at radius 1 is 1.17 bits per heavy atom. The number of hydrogen-bond acceptors (Lipinski definition) is 2. The maximum Gasteiger partial charge on any atom is 0.122 e. The first-order chi connectivity index (χ1) is 8.66. The van der Waals surface area contributed by atoms with E-state index in [1.165, 1.54) is 0 Å². The number of nitrogens with two attached hydrogens (primary N) is 1. The highest BCUT2D eigenvalue weighted by atomic mass is 79.9. The van der Waals surface area contributed by atoms with Crippen molar-refractivity contribution in [2.75, 3.05) is 0 Å². The zero-order chi connectivity index (χ0) is 13.0. The highest BCUT2D eigenvalue weighted by molar-refractivity contribution is 9.10. The van der Waals surface area contributed by atoms with Crippen molar-refractivity contribution in [1.82, 2.24) is 0 Å². The van der Waals surface area contributed by atoms with Crippen molar-refractivity contribution in [1.29, 1.82) is 5.41 Å². The summed E-state index contributed by atoms with van der Waals surface area (Å²) in [6, 6.07) is 15.1. The number of rotatable bonds is 4. The molecule has 4 heteroatoms. The van der Waals surface area contributed by atoms with E-state index in [2.05, 4.69) is 15.9 Å². The van der Waals surface area contributed by atoms with E-state index < -0.39 is 0 Å². The fourth-order valence-corrected chi connectivity index (χ4v) is 1.93. The molecule has 2 aromatic carbocycles. The van der Waals surface area contributed by atoms with Crippen molar-refractivity contribution in [2.24, 2.45) is 5.73 Å². The zero-order valence-electron chi connectivity index (χ0n) is 9.69. The molecule has 0 aliphatic heterocycles. The summed E-state index contributed by atoms with van der Waals surface area (Å²) in [7, 11) is 0. The van der Waals surface area contributed by atoms with Crippen LogP contribution in [0.3, 0.4) is 0 Å². The van der Waals surface area contributed by atoms with E-state index in [1.807, 2.05) is 36.4 Å². The number of nitrogens with one attached hydrogen (secondary N) is 1. The Bertz CT molecular complexity index is 569. The molecule has 0 radical (unpaired) electrons. The van der Waals surface area contributed by atoms with Gasteiger partial charge in [-0.15, -0.1) is 0 Å². The lowest BCUT2D eigenvalue weighted by Crippen LogP contribution is -2.10. The van der Waals surface area contributed by atoms with Crippen LogP contribution in [0.1, 0.15) is 11.1 Å². The van der Waals surface area contributed by atoms with Crippen LogP contribution in [-0.2, 0) is 6.61 Å². The molecule has 3 N–H and O–H groups in total. The minimum Gasteiger partial charge on any atom is -0.489 e. The van der Waals surface area contributed by atoms with E-state index in [0.29, 0.717) is 17.9 Å². The first-order valence-electron chi connectivity index (χ1n) is 5.47. The van der Waals surface area contributed by atoms with Gasteiger partial charge in [-0.3, -0.25) is 5.41 Å². The van der Waals surface area contributed by atoms with Crippen molar-refractivity contribution in [3.63, 3.8) is 0 Å². The van der Waals surface area contributed by atoms with E-state index in [9.17, 15) is 0 Å². The highest BCUT2D eigenvalue weighted by Gasteiger charge is 2.02. The Hall–Kier alpha value is -1.81. The van der Waals surface area contributed by atoms with E-state index >= 15 is 0 Å². The minimum atomic E-state index is 0.0429. The van der Waals surface area contributed by atoms with Crippen LogP contribution in [0.2, 0.25) is 0 Å². The minimum absolute atomic E-state index is 0.0429. The molecule has 0 amide bonds. The second kappa shape index (κ2) is 5.69. The molecule has 18 heavy (non-hydrogen) atoms. The lowest BCUT2D eigenvalue weighted by atomic mass is 10.2. The molecule has 2 aromatic rings. The summed E-state index contributed by atoms with van der Waals surface area (Å²) in [6.07, 6.45) is 0. The van der Waals surface area contributed by atoms with Gasteiger partial charge in [-0.25, -0.2) is 0 Å². The molecule has 0 bridgehead atoms. The third kappa shape index (κ3) is 3.11. The fourth-order valence-electron chi connectivity index (χ4n) is 1.53. The van der Waals surface area contributed by atoms with Gasteiger partial charge in [-0.2, -0.15) is 0 Å². The highest BCUT2D eigenvalue weighted by Crippen LogP contribution is 2.19. The molecule has 0 fully saturated rings. The predicted molar refractivity (Wildman–Crippen MR) is 75.9 cm³/mol. The number of amidine groups is 1. The maximum atomic E-state index is 7.38. The number of hydrogen-bond donors (Lipinski definition) is 2. The number of halogens is 1. The number of nitrogen functional groups attached to an aromatic ring is 1. The SMILES string of the molecule is N=C(N)c1cccc(OCc2ccccc2Br)c1. The van der Waals surface area contributed by atoms with Crippen LogP contribution in [0.15, 0.2) is 53.0 Å². The van der Waals surface area contributed by atoms with E-state index in [4.69, 9.17) is 15.9 Å². The van der Waals surface area contributed by atoms with Crippen molar-refractivity contribution in [2.45, 2.75) is 6.61 Å². The fraction of sp³-hybridized carbons (Fsp3) is 0.0714. The smallest absolute Gasteiger partial charge is 0.122 e. The van der Waals surface area contributed by atoms with Crippen LogP contribution >= 0.6 is 15.9 Å². The summed E-state index contributed by atoms with van der Waals surface area (Å²) in [5, 5.41) is 7.38. The third-order valence-corrected chi connectivity index (χ3v) is 3.27. The molecule has 0 unspecified atom stereocenters. The molecule has 0 spiro atoms. The molecule has 0 aliphatic rings. The quantitative estimate of drug-likeness (QED) is 0.672. The molecular weight excluding hydrogens is 292 g/mol. The summed E-state index contributed by atoms with van der Waals surface area (Å²) in [6.45, 7) is 0.475. The number of ether oxygens (including phenoxy) is 1. The number of benzene rings is 2. The van der Waals surface area contributed by atoms with Crippen molar-refractivity contribution in [3.8, 4) is 5.75 Å². The molecule has 0 aromatic heterocycles. The van der Waals surface area contributed by atoms with Crippen LogP contribution in [0.4, 0.5) is 0 Å². The molecule has 92 valence electrons. The Morgan fingerprint density at radius 2 is 1.94 bits per heavy atom. The molecule has 0 atom stereocenters. The van der Waals surface area contributed by atoms with Crippen LogP contribution < -0.4 is 10.5 Å². The van der Waals surface area contributed by atoms with Crippen LogP contribution in [0.5, 0.6) is 5.75 Å². The monoisotopic (exact) mass is 304 g/mol. The average Bonchev–Trinajstić information content (AvgIpc) is 2.38. The first kappa shape index (κ1) is 12.6. The third-order valence-electron chi connectivity index (χ3n) is 2.50. The molecule has 0 saturated heterocycles. The Balaban J connectivity index is 2.09. The molecule has 0 heterocycles. The maximum absolute atomic E-state index is 7.38. The van der Waals surface area contributed by atoms with Crippen molar-refractivity contribution >= 4 is 21.8 Å². The summed E-state index contributed by atoms with van der Waals surface area (Å²) in [5.74, 6) is 0.750. The normalized spacial score (nSPS) is 10.1.